The lowest BCUT2D eigenvalue weighted by atomic mass is 10.2. The molecule has 2 aliphatic heterocycles. The molecule has 2 fully saturated rings. The fraction of sp³-hybridized carbons (Fsp3) is 0.556. The molecular weight excluding hydrogens is 352 g/mol. The lowest BCUT2D eigenvalue weighted by molar-refractivity contribution is 0.122. The van der Waals surface area contributed by atoms with Gasteiger partial charge >= 0.3 is 0 Å². The van der Waals surface area contributed by atoms with Gasteiger partial charge in [0.1, 0.15) is 10.8 Å². The average molecular weight is 375 g/mol. The summed E-state index contributed by atoms with van der Waals surface area (Å²) in [6.07, 6.45) is 4.87. The number of hydrogen-bond acceptors (Lipinski definition) is 7. The molecule has 0 saturated carbocycles. The highest BCUT2D eigenvalue weighted by Crippen LogP contribution is 2.23. The van der Waals surface area contributed by atoms with Crippen LogP contribution in [0.25, 0.3) is 11.5 Å². The van der Waals surface area contributed by atoms with Gasteiger partial charge in [-0.15, -0.1) is 0 Å². The Balaban J connectivity index is 1.73. The molecule has 0 atom stereocenters. The predicted molar refractivity (Wildman–Crippen MR) is 102 cm³/mol. The molecule has 0 unspecified atom stereocenters. The Kier molecular flexibility index (Phi) is 5.45. The van der Waals surface area contributed by atoms with Crippen LogP contribution in [0.3, 0.4) is 0 Å². The fourth-order valence-electron chi connectivity index (χ4n) is 3.32. The van der Waals surface area contributed by atoms with Crippen molar-refractivity contribution in [1.29, 1.82) is 0 Å². The highest BCUT2D eigenvalue weighted by Gasteiger charge is 2.21. The van der Waals surface area contributed by atoms with Crippen molar-refractivity contribution in [2.45, 2.75) is 25.7 Å². The summed E-state index contributed by atoms with van der Waals surface area (Å²) in [5, 5.41) is 0.437. The first kappa shape index (κ1) is 17.4. The molecule has 0 N–H and O–H groups in total. The molecule has 0 aromatic carbocycles. The Morgan fingerprint density at radius 2 is 1.42 bits per heavy atom. The number of pyridine rings is 1. The van der Waals surface area contributed by atoms with Crippen molar-refractivity contribution in [1.82, 2.24) is 19.9 Å². The van der Waals surface area contributed by atoms with Crippen molar-refractivity contribution >= 4 is 23.5 Å². The van der Waals surface area contributed by atoms with E-state index in [2.05, 4.69) is 19.8 Å². The third-order valence-corrected chi connectivity index (χ3v) is 4.95. The first-order chi connectivity index (χ1) is 12.8. The normalized spacial score (nSPS) is 18.7. The zero-order valence-electron chi connectivity index (χ0n) is 14.8. The molecule has 2 aromatic rings. The van der Waals surface area contributed by atoms with Crippen LogP contribution in [-0.2, 0) is 4.74 Å². The Hall–Kier alpha value is -1.99. The summed E-state index contributed by atoms with van der Waals surface area (Å²) in [6.45, 7) is 4.91. The Morgan fingerprint density at radius 3 is 2.08 bits per heavy atom. The second-order valence-electron chi connectivity index (χ2n) is 6.61. The number of anilines is 2. The summed E-state index contributed by atoms with van der Waals surface area (Å²) in [4.78, 5) is 23.0. The largest absolute Gasteiger partial charge is 0.378 e. The molecule has 0 spiro atoms. The molecule has 26 heavy (non-hydrogen) atoms. The topological polar surface area (TPSA) is 67.3 Å². The van der Waals surface area contributed by atoms with Crippen molar-refractivity contribution in [2.24, 2.45) is 0 Å². The molecule has 138 valence electrons. The summed E-state index contributed by atoms with van der Waals surface area (Å²) in [7, 11) is 0. The maximum atomic E-state index is 6.07. The van der Waals surface area contributed by atoms with Crippen LogP contribution >= 0.6 is 11.6 Å². The van der Waals surface area contributed by atoms with E-state index in [0.29, 0.717) is 35.8 Å². The maximum Gasteiger partial charge on any atom is 0.230 e. The minimum atomic E-state index is 0.437. The maximum absolute atomic E-state index is 6.07. The Bertz CT molecular complexity index is 744. The summed E-state index contributed by atoms with van der Waals surface area (Å²) in [5.74, 6) is 2.00. The van der Waals surface area contributed by atoms with E-state index in [0.717, 1.165) is 32.1 Å². The minimum absolute atomic E-state index is 0.437. The number of nitrogens with zero attached hydrogens (tertiary/aromatic N) is 6. The Morgan fingerprint density at radius 1 is 0.769 bits per heavy atom. The third-order valence-electron chi connectivity index (χ3n) is 4.74. The molecule has 4 heterocycles. The van der Waals surface area contributed by atoms with Gasteiger partial charge in [0.2, 0.25) is 11.9 Å². The van der Waals surface area contributed by atoms with E-state index in [4.69, 9.17) is 26.3 Å². The van der Waals surface area contributed by atoms with Crippen LogP contribution in [0.4, 0.5) is 11.9 Å². The van der Waals surface area contributed by atoms with E-state index >= 15 is 0 Å². The number of ether oxygens (including phenoxy) is 1. The SMILES string of the molecule is Clc1cccc(-c2nc(N3CCCCCC3)nc(N3CCOCC3)n2)n1. The predicted octanol–water partition coefficient (Wildman–Crippen LogP) is 2.80. The van der Waals surface area contributed by atoms with E-state index in [1.807, 2.05) is 12.1 Å². The van der Waals surface area contributed by atoms with Crippen molar-refractivity contribution in [3.05, 3.63) is 23.4 Å². The lowest BCUT2D eigenvalue weighted by Crippen LogP contribution is -2.38. The summed E-state index contributed by atoms with van der Waals surface area (Å²) < 4.78 is 5.46. The van der Waals surface area contributed by atoms with Crippen LogP contribution in [-0.4, -0.2) is 59.3 Å². The van der Waals surface area contributed by atoms with Crippen molar-refractivity contribution in [3.63, 3.8) is 0 Å². The second-order valence-corrected chi connectivity index (χ2v) is 6.99. The van der Waals surface area contributed by atoms with Gasteiger partial charge in [0.05, 0.1) is 13.2 Å². The molecule has 2 aromatic heterocycles. The summed E-state index contributed by atoms with van der Waals surface area (Å²) >= 11 is 6.07. The Labute approximate surface area is 158 Å². The van der Waals surface area contributed by atoms with Crippen LogP contribution in [0.1, 0.15) is 25.7 Å². The molecule has 8 heteroatoms. The van der Waals surface area contributed by atoms with Gasteiger partial charge < -0.3 is 14.5 Å². The first-order valence-electron chi connectivity index (χ1n) is 9.26. The van der Waals surface area contributed by atoms with Gasteiger partial charge in [-0.25, -0.2) is 4.98 Å². The quantitative estimate of drug-likeness (QED) is 0.765. The molecule has 4 rings (SSSR count). The van der Waals surface area contributed by atoms with E-state index < -0.39 is 0 Å². The second kappa shape index (κ2) is 8.14. The number of morpholine rings is 1. The highest BCUT2D eigenvalue weighted by molar-refractivity contribution is 6.29. The van der Waals surface area contributed by atoms with Gasteiger partial charge in [0.15, 0.2) is 5.82 Å². The van der Waals surface area contributed by atoms with Crippen molar-refractivity contribution in [3.8, 4) is 11.5 Å². The molecular formula is C18H23ClN6O. The summed E-state index contributed by atoms with van der Waals surface area (Å²) in [6, 6.07) is 5.51. The fourth-order valence-corrected chi connectivity index (χ4v) is 3.48. The van der Waals surface area contributed by atoms with Gasteiger partial charge in [-0.3, -0.25) is 0 Å². The van der Waals surface area contributed by atoms with Crippen LogP contribution in [0.2, 0.25) is 5.15 Å². The highest BCUT2D eigenvalue weighted by atomic mass is 35.5. The van der Waals surface area contributed by atoms with Gasteiger partial charge in [0, 0.05) is 26.2 Å². The summed E-state index contributed by atoms with van der Waals surface area (Å²) in [5.41, 5.74) is 0.672. The molecule has 0 radical (unpaired) electrons. The number of aromatic nitrogens is 4. The van der Waals surface area contributed by atoms with E-state index in [1.165, 1.54) is 25.7 Å². The smallest absolute Gasteiger partial charge is 0.230 e. The molecule has 2 aliphatic rings. The molecule has 0 aliphatic carbocycles. The van der Waals surface area contributed by atoms with Crippen molar-refractivity contribution < 1.29 is 4.74 Å². The number of rotatable bonds is 3. The molecule has 0 amide bonds. The zero-order valence-corrected chi connectivity index (χ0v) is 15.5. The molecule has 2 saturated heterocycles. The number of hydrogen-bond donors (Lipinski definition) is 0. The van der Waals surface area contributed by atoms with Crippen LogP contribution in [0.5, 0.6) is 0 Å². The van der Waals surface area contributed by atoms with Crippen LogP contribution in [0.15, 0.2) is 18.2 Å². The lowest BCUT2D eigenvalue weighted by Gasteiger charge is -2.28. The zero-order chi connectivity index (χ0) is 17.8. The van der Waals surface area contributed by atoms with Gasteiger partial charge in [-0.1, -0.05) is 30.5 Å². The van der Waals surface area contributed by atoms with E-state index in [9.17, 15) is 0 Å². The van der Waals surface area contributed by atoms with Gasteiger partial charge in [0.25, 0.3) is 0 Å². The standard InChI is InChI=1S/C18H23ClN6O/c19-15-7-5-6-14(20-15)16-21-17(24-8-3-1-2-4-9-24)23-18(22-16)25-10-12-26-13-11-25/h5-7H,1-4,8-13H2. The van der Waals surface area contributed by atoms with Crippen LogP contribution < -0.4 is 9.80 Å². The third kappa shape index (κ3) is 4.04. The molecule has 0 bridgehead atoms. The first-order valence-corrected chi connectivity index (χ1v) is 9.64. The van der Waals surface area contributed by atoms with Gasteiger partial charge in [-0.05, 0) is 25.0 Å². The van der Waals surface area contributed by atoms with E-state index in [1.54, 1.807) is 6.07 Å². The number of halogens is 1. The average Bonchev–Trinajstić information content (AvgIpc) is 2.98. The van der Waals surface area contributed by atoms with E-state index in [-0.39, 0.29) is 0 Å². The van der Waals surface area contributed by atoms with Crippen molar-refractivity contribution in [2.75, 3.05) is 49.2 Å². The van der Waals surface area contributed by atoms with Crippen LogP contribution in [0, 0.1) is 0 Å². The minimum Gasteiger partial charge on any atom is -0.378 e. The molecule has 7 nitrogen and oxygen atoms in total. The van der Waals surface area contributed by atoms with Gasteiger partial charge in [-0.2, -0.15) is 15.0 Å². The monoisotopic (exact) mass is 374 g/mol.